The molecule has 0 fully saturated rings. The lowest BCUT2D eigenvalue weighted by Gasteiger charge is -1.97. The zero-order valence-corrected chi connectivity index (χ0v) is 11.3. The summed E-state index contributed by atoms with van der Waals surface area (Å²) in [6.45, 7) is 0.724. The Balaban J connectivity index is 1.78. The van der Waals surface area contributed by atoms with Crippen molar-refractivity contribution in [2.45, 2.75) is 6.54 Å². The molecule has 3 rings (SSSR count). The molecular weight excluding hydrogens is 268 g/mol. The van der Waals surface area contributed by atoms with E-state index in [1.807, 2.05) is 37.6 Å². The number of hydrogen-bond acceptors (Lipinski definition) is 4. The zero-order valence-electron chi connectivity index (χ0n) is 9.72. The van der Waals surface area contributed by atoms with Crippen LogP contribution in [0.25, 0.3) is 10.2 Å². The maximum atomic E-state index is 5.94. The first kappa shape index (κ1) is 11.5. The van der Waals surface area contributed by atoms with Gasteiger partial charge in [-0.2, -0.15) is 5.10 Å². The predicted octanol–water partition coefficient (Wildman–Crippen LogP) is 3.30. The molecule has 1 aromatic carbocycles. The third kappa shape index (κ3) is 2.32. The van der Waals surface area contributed by atoms with Crippen molar-refractivity contribution in [1.82, 2.24) is 14.8 Å². The first-order valence-electron chi connectivity index (χ1n) is 5.48. The highest BCUT2D eigenvalue weighted by Crippen LogP contribution is 2.28. The molecule has 0 spiro atoms. The number of nitrogens with one attached hydrogen (secondary N) is 1. The summed E-state index contributed by atoms with van der Waals surface area (Å²) in [5.74, 6) is 0. The molecule has 2 aromatic heterocycles. The number of rotatable bonds is 3. The summed E-state index contributed by atoms with van der Waals surface area (Å²) in [5, 5.41) is 9.03. The number of benzene rings is 1. The third-order valence-electron chi connectivity index (χ3n) is 2.55. The molecule has 18 heavy (non-hydrogen) atoms. The van der Waals surface area contributed by atoms with Gasteiger partial charge in [0.25, 0.3) is 0 Å². The van der Waals surface area contributed by atoms with Crippen LogP contribution in [-0.4, -0.2) is 14.8 Å². The van der Waals surface area contributed by atoms with E-state index in [1.54, 1.807) is 16.0 Å². The van der Waals surface area contributed by atoms with Gasteiger partial charge in [0.05, 0.1) is 16.4 Å². The number of thiazole rings is 1. The van der Waals surface area contributed by atoms with Crippen molar-refractivity contribution < 1.29 is 0 Å². The minimum atomic E-state index is 0.714. The van der Waals surface area contributed by atoms with Gasteiger partial charge in [0.2, 0.25) is 0 Å². The molecule has 92 valence electrons. The molecule has 0 aliphatic rings. The lowest BCUT2D eigenvalue weighted by Crippen LogP contribution is -1.97. The Morgan fingerprint density at radius 3 is 3.11 bits per heavy atom. The summed E-state index contributed by atoms with van der Waals surface area (Å²) >= 11 is 7.56. The van der Waals surface area contributed by atoms with E-state index < -0.39 is 0 Å². The van der Waals surface area contributed by atoms with Gasteiger partial charge in [0.1, 0.15) is 0 Å². The Labute approximate surface area is 113 Å². The lowest BCUT2D eigenvalue weighted by atomic mass is 10.3. The molecule has 0 unspecified atom stereocenters. The van der Waals surface area contributed by atoms with Crippen LogP contribution in [0.2, 0.25) is 5.02 Å². The van der Waals surface area contributed by atoms with Crippen LogP contribution in [0.15, 0.2) is 30.6 Å². The number of aromatic nitrogens is 3. The van der Waals surface area contributed by atoms with Gasteiger partial charge in [0.15, 0.2) is 5.13 Å². The SMILES string of the molecule is Cn1cc(CNc2nc3cc(Cl)ccc3s2)cn1. The number of anilines is 1. The molecule has 1 N–H and O–H groups in total. The van der Waals surface area contributed by atoms with Gasteiger partial charge in [-0.25, -0.2) is 4.98 Å². The van der Waals surface area contributed by atoms with Crippen LogP contribution in [0.5, 0.6) is 0 Å². The first-order valence-corrected chi connectivity index (χ1v) is 6.68. The summed E-state index contributed by atoms with van der Waals surface area (Å²) in [6.07, 6.45) is 3.83. The van der Waals surface area contributed by atoms with Crippen LogP contribution >= 0.6 is 22.9 Å². The molecule has 0 saturated carbocycles. The van der Waals surface area contributed by atoms with Crippen molar-refractivity contribution in [3.8, 4) is 0 Å². The fraction of sp³-hybridized carbons (Fsp3) is 0.167. The average molecular weight is 279 g/mol. The molecule has 2 heterocycles. The number of halogens is 1. The fourth-order valence-corrected chi connectivity index (χ4v) is 2.73. The minimum absolute atomic E-state index is 0.714. The van der Waals surface area contributed by atoms with Gasteiger partial charge >= 0.3 is 0 Å². The van der Waals surface area contributed by atoms with Gasteiger partial charge in [-0.05, 0) is 18.2 Å². The molecule has 0 saturated heterocycles. The molecule has 0 aliphatic carbocycles. The van der Waals surface area contributed by atoms with E-state index in [1.165, 1.54) is 0 Å². The van der Waals surface area contributed by atoms with Crippen LogP contribution in [0.1, 0.15) is 5.56 Å². The quantitative estimate of drug-likeness (QED) is 0.799. The minimum Gasteiger partial charge on any atom is -0.357 e. The normalized spacial score (nSPS) is 11.0. The van der Waals surface area contributed by atoms with Gasteiger partial charge in [0, 0.05) is 30.4 Å². The third-order valence-corrected chi connectivity index (χ3v) is 3.78. The van der Waals surface area contributed by atoms with E-state index in [2.05, 4.69) is 15.4 Å². The average Bonchev–Trinajstić information content (AvgIpc) is 2.92. The summed E-state index contributed by atoms with van der Waals surface area (Å²) in [6, 6.07) is 5.75. The second-order valence-electron chi connectivity index (χ2n) is 4.01. The highest BCUT2D eigenvalue weighted by molar-refractivity contribution is 7.22. The van der Waals surface area contributed by atoms with Crippen LogP contribution in [0.4, 0.5) is 5.13 Å². The Morgan fingerprint density at radius 2 is 2.33 bits per heavy atom. The van der Waals surface area contributed by atoms with Crippen molar-refractivity contribution in [3.05, 3.63) is 41.2 Å². The van der Waals surface area contributed by atoms with E-state index in [9.17, 15) is 0 Å². The maximum Gasteiger partial charge on any atom is 0.184 e. The van der Waals surface area contributed by atoms with E-state index >= 15 is 0 Å². The Bertz CT molecular complexity index is 688. The second-order valence-corrected chi connectivity index (χ2v) is 5.47. The molecule has 0 amide bonds. The zero-order chi connectivity index (χ0) is 12.5. The van der Waals surface area contributed by atoms with Crippen molar-refractivity contribution in [3.63, 3.8) is 0 Å². The van der Waals surface area contributed by atoms with Crippen molar-refractivity contribution in [1.29, 1.82) is 0 Å². The molecular formula is C12H11ClN4S. The molecule has 0 radical (unpaired) electrons. The Hall–Kier alpha value is -1.59. The van der Waals surface area contributed by atoms with Gasteiger partial charge in [-0.1, -0.05) is 22.9 Å². The lowest BCUT2D eigenvalue weighted by molar-refractivity contribution is 0.767. The van der Waals surface area contributed by atoms with E-state index in [0.717, 1.165) is 27.5 Å². The van der Waals surface area contributed by atoms with Crippen molar-refractivity contribution in [2.24, 2.45) is 7.05 Å². The van der Waals surface area contributed by atoms with Crippen LogP contribution in [0, 0.1) is 0 Å². The van der Waals surface area contributed by atoms with Crippen molar-refractivity contribution >= 4 is 38.3 Å². The Morgan fingerprint density at radius 1 is 1.44 bits per heavy atom. The molecule has 0 bridgehead atoms. The standard InChI is InChI=1S/C12H11ClN4S/c1-17-7-8(6-15-17)5-14-12-16-10-4-9(13)2-3-11(10)18-12/h2-4,6-7H,5H2,1H3,(H,14,16). The smallest absolute Gasteiger partial charge is 0.184 e. The molecule has 0 aliphatic heterocycles. The Kier molecular flexibility index (Phi) is 2.93. The maximum absolute atomic E-state index is 5.94. The summed E-state index contributed by atoms with van der Waals surface area (Å²) < 4.78 is 2.92. The van der Waals surface area contributed by atoms with E-state index in [-0.39, 0.29) is 0 Å². The summed E-state index contributed by atoms with van der Waals surface area (Å²) in [5.41, 5.74) is 2.07. The first-order chi connectivity index (χ1) is 8.70. The molecule has 3 aromatic rings. The monoisotopic (exact) mass is 278 g/mol. The highest BCUT2D eigenvalue weighted by atomic mass is 35.5. The fourth-order valence-electron chi connectivity index (χ4n) is 1.72. The van der Waals surface area contributed by atoms with Crippen LogP contribution in [0.3, 0.4) is 0 Å². The predicted molar refractivity (Wildman–Crippen MR) is 75.2 cm³/mol. The number of fused-ring (bicyclic) bond motifs is 1. The molecule has 4 nitrogen and oxygen atoms in total. The van der Waals surface area contributed by atoms with E-state index in [0.29, 0.717) is 5.02 Å². The van der Waals surface area contributed by atoms with E-state index in [4.69, 9.17) is 11.6 Å². The van der Waals surface area contributed by atoms with Crippen molar-refractivity contribution in [2.75, 3.05) is 5.32 Å². The van der Waals surface area contributed by atoms with Gasteiger partial charge in [-0.15, -0.1) is 0 Å². The van der Waals surface area contributed by atoms with Crippen LogP contribution < -0.4 is 5.32 Å². The summed E-state index contributed by atoms with van der Waals surface area (Å²) in [7, 11) is 1.91. The number of hydrogen-bond donors (Lipinski definition) is 1. The largest absolute Gasteiger partial charge is 0.357 e. The van der Waals surface area contributed by atoms with Gasteiger partial charge in [-0.3, -0.25) is 4.68 Å². The van der Waals surface area contributed by atoms with Gasteiger partial charge < -0.3 is 5.32 Å². The molecule has 6 heteroatoms. The molecule has 0 atom stereocenters. The van der Waals surface area contributed by atoms with Crippen LogP contribution in [-0.2, 0) is 13.6 Å². The topological polar surface area (TPSA) is 42.7 Å². The number of aryl methyl sites for hydroxylation is 1. The highest BCUT2D eigenvalue weighted by Gasteiger charge is 2.04. The summed E-state index contributed by atoms with van der Waals surface area (Å²) in [4.78, 5) is 4.49. The second kappa shape index (κ2) is 4.59. The number of nitrogens with zero attached hydrogens (tertiary/aromatic N) is 3.